The van der Waals surface area contributed by atoms with Gasteiger partial charge in [-0.25, -0.2) is 4.79 Å². The Morgan fingerprint density at radius 3 is 2.55 bits per heavy atom. The number of thiocarbonyl (C=S) groups is 1. The third kappa shape index (κ3) is 5.62. The molecule has 0 heterocycles. The average molecular weight is 292 g/mol. The summed E-state index contributed by atoms with van der Waals surface area (Å²) in [5.74, 6) is -0.829. The van der Waals surface area contributed by atoms with E-state index in [1.54, 1.807) is 13.0 Å². The molecule has 0 radical (unpaired) electrons. The van der Waals surface area contributed by atoms with Crippen LogP contribution in [0.3, 0.4) is 0 Å². The second kappa shape index (κ2) is 8.06. The largest absolute Gasteiger partial charge is 0.467 e. The van der Waals surface area contributed by atoms with Gasteiger partial charge in [0.1, 0.15) is 6.04 Å². The molecule has 1 atom stereocenters. The zero-order valence-corrected chi connectivity index (χ0v) is 12.1. The Balaban J connectivity index is 2.44. The molecule has 0 saturated carbocycles. The highest BCUT2D eigenvalue weighted by Gasteiger charge is 2.14. The molecule has 20 heavy (non-hydrogen) atoms. The molecule has 0 aliphatic carbocycles. The van der Waals surface area contributed by atoms with Gasteiger partial charge in [0, 0.05) is 6.08 Å². The van der Waals surface area contributed by atoms with Gasteiger partial charge in [-0.1, -0.05) is 30.3 Å². The fraction of sp³-hybridized carbons (Fsp3) is 0.214. The van der Waals surface area contributed by atoms with E-state index in [0.29, 0.717) is 0 Å². The van der Waals surface area contributed by atoms with Crippen molar-refractivity contribution in [3.63, 3.8) is 0 Å². The number of rotatable bonds is 4. The number of nitrogens with one attached hydrogen (secondary N) is 2. The molecule has 0 aliphatic rings. The zero-order valence-electron chi connectivity index (χ0n) is 11.3. The number of ether oxygens (including phenoxy) is 1. The highest BCUT2D eigenvalue weighted by Crippen LogP contribution is 2.00. The van der Waals surface area contributed by atoms with Crippen LogP contribution in [0.4, 0.5) is 0 Å². The predicted octanol–water partition coefficient (Wildman–Crippen LogP) is 1.25. The molecule has 0 fully saturated rings. The van der Waals surface area contributed by atoms with Crippen molar-refractivity contribution in [3.05, 3.63) is 42.0 Å². The monoisotopic (exact) mass is 292 g/mol. The Hall–Kier alpha value is -2.21. The van der Waals surface area contributed by atoms with Crippen LogP contribution < -0.4 is 10.6 Å². The van der Waals surface area contributed by atoms with E-state index < -0.39 is 12.0 Å². The van der Waals surface area contributed by atoms with E-state index in [0.717, 1.165) is 5.56 Å². The highest BCUT2D eigenvalue weighted by molar-refractivity contribution is 7.80. The second-order valence-electron chi connectivity index (χ2n) is 3.95. The van der Waals surface area contributed by atoms with E-state index in [1.165, 1.54) is 13.2 Å². The average Bonchev–Trinajstić information content (AvgIpc) is 2.45. The van der Waals surface area contributed by atoms with Crippen molar-refractivity contribution in [2.75, 3.05) is 7.11 Å². The molecule has 2 N–H and O–H groups in total. The van der Waals surface area contributed by atoms with Crippen LogP contribution in [0.15, 0.2) is 36.4 Å². The number of carbonyl (C=O) groups excluding carboxylic acids is 2. The number of methoxy groups -OCH3 is 1. The third-order valence-corrected chi connectivity index (χ3v) is 2.59. The maximum absolute atomic E-state index is 11.6. The Kier molecular flexibility index (Phi) is 6.39. The normalized spacial score (nSPS) is 11.7. The third-order valence-electron chi connectivity index (χ3n) is 2.37. The maximum atomic E-state index is 11.6. The van der Waals surface area contributed by atoms with Crippen molar-refractivity contribution in [2.24, 2.45) is 0 Å². The minimum atomic E-state index is -0.620. The first-order valence-electron chi connectivity index (χ1n) is 5.95. The molecule has 1 amide bonds. The van der Waals surface area contributed by atoms with Crippen LogP contribution >= 0.6 is 12.2 Å². The van der Waals surface area contributed by atoms with Gasteiger partial charge in [-0.3, -0.25) is 10.1 Å². The fourth-order valence-corrected chi connectivity index (χ4v) is 1.64. The molecule has 1 rings (SSSR count). The van der Waals surface area contributed by atoms with E-state index in [-0.39, 0.29) is 11.0 Å². The van der Waals surface area contributed by atoms with Gasteiger partial charge >= 0.3 is 5.97 Å². The van der Waals surface area contributed by atoms with Crippen molar-refractivity contribution in [3.8, 4) is 0 Å². The molecular formula is C14H16N2O3S. The Morgan fingerprint density at radius 1 is 1.30 bits per heavy atom. The van der Waals surface area contributed by atoms with Gasteiger partial charge in [0.15, 0.2) is 5.11 Å². The Morgan fingerprint density at radius 2 is 1.95 bits per heavy atom. The van der Waals surface area contributed by atoms with Crippen LogP contribution in [-0.4, -0.2) is 30.1 Å². The van der Waals surface area contributed by atoms with Crippen molar-refractivity contribution >= 4 is 35.3 Å². The van der Waals surface area contributed by atoms with Gasteiger partial charge in [0.2, 0.25) is 5.91 Å². The topological polar surface area (TPSA) is 67.4 Å². The van der Waals surface area contributed by atoms with Gasteiger partial charge in [-0.15, -0.1) is 0 Å². The summed E-state index contributed by atoms with van der Waals surface area (Å²) in [4.78, 5) is 22.8. The Bertz CT molecular complexity index is 514. The first-order valence-corrected chi connectivity index (χ1v) is 6.36. The zero-order chi connectivity index (χ0) is 15.0. The SMILES string of the molecule is COC(=O)C(C)NC(=S)NC(=O)/C=C/c1ccccc1. The number of esters is 1. The van der Waals surface area contributed by atoms with Crippen molar-refractivity contribution < 1.29 is 14.3 Å². The van der Waals surface area contributed by atoms with Crippen LogP contribution in [0.1, 0.15) is 12.5 Å². The van der Waals surface area contributed by atoms with Crippen molar-refractivity contribution in [1.82, 2.24) is 10.6 Å². The number of hydrogen-bond donors (Lipinski definition) is 2. The molecular weight excluding hydrogens is 276 g/mol. The number of benzene rings is 1. The standard InChI is InChI=1S/C14H16N2O3S/c1-10(13(18)19-2)15-14(20)16-12(17)9-8-11-6-4-3-5-7-11/h3-10H,1-2H3,(H2,15,16,17,20)/b9-8+. The quantitative estimate of drug-likeness (QED) is 0.497. The smallest absolute Gasteiger partial charge is 0.328 e. The summed E-state index contributed by atoms with van der Waals surface area (Å²) in [6.07, 6.45) is 3.04. The lowest BCUT2D eigenvalue weighted by atomic mass is 10.2. The summed E-state index contributed by atoms with van der Waals surface area (Å²) in [5, 5.41) is 5.17. The van der Waals surface area contributed by atoms with Gasteiger partial charge in [-0.2, -0.15) is 0 Å². The molecule has 1 aromatic rings. The summed E-state index contributed by atoms with van der Waals surface area (Å²) >= 11 is 4.92. The van der Waals surface area contributed by atoms with Crippen molar-refractivity contribution in [2.45, 2.75) is 13.0 Å². The number of amides is 1. The van der Waals surface area contributed by atoms with E-state index in [4.69, 9.17) is 12.2 Å². The minimum Gasteiger partial charge on any atom is -0.467 e. The molecule has 106 valence electrons. The summed E-state index contributed by atoms with van der Waals surface area (Å²) < 4.78 is 4.54. The molecule has 0 spiro atoms. The van der Waals surface area contributed by atoms with Crippen LogP contribution in [0.2, 0.25) is 0 Å². The fourth-order valence-electron chi connectivity index (χ4n) is 1.36. The Labute approximate surface area is 123 Å². The van der Waals surface area contributed by atoms with Crippen LogP contribution in [0.25, 0.3) is 6.08 Å². The molecule has 0 saturated heterocycles. The molecule has 5 nitrogen and oxygen atoms in total. The number of carbonyl (C=O) groups is 2. The van der Waals surface area contributed by atoms with Gasteiger partial charge in [0.25, 0.3) is 0 Å². The summed E-state index contributed by atoms with van der Waals surface area (Å²) in [7, 11) is 1.28. The van der Waals surface area contributed by atoms with E-state index in [9.17, 15) is 9.59 Å². The molecule has 0 bridgehead atoms. The first-order chi connectivity index (χ1) is 9.52. The van der Waals surface area contributed by atoms with Crippen molar-refractivity contribution in [1.29, 1.82) is 0 Å². The van der Waals surface area contributed by atoms with E-state index in [2.05, 4.69) is 15.4 Å². The lowest BCUT2D eigenvalue weighted by molar-refractivity contribution is -0.142. The molecule has 1 unspecified atom stereocenters. The summed E-state index contributed by atoms with van der Waals surface area (Å²) in [6.45, 7) is 1.59. The summed E-state index contributed by atoms with van der Waals surface area (Å²) in [5.41, 5.74) is 0.907. The van der Waals surface area contributed by atoms with Gasteiger partial charge in [-0.05, 0) is 30.8 Å². The van der Waals surface area contributed by atoms with Crippen LogP contribution in [0, 0.1) is 0 Å². The summed E-state index contributed by atoms with van der Waals surface area (Å²) in [6, 6.07) is 8.78. The van der Waals surface area contributed by atoms with E-state index >= 15 is 0 Å². The highest BCUT2D eigenvalue weighted by atomic mass is 32.1. The molecule has 1 aromatic carbocycles. The molecule has 0 aromatic heterocycles. The van der Waals surface area contributed by atoms with Gasteiger partial charge in [0.05, 0.1) is 7.11 Å². The maximum Gasteiger partial charge on any atom is 0.328 e. The molecule has 0 aliphatic heterocycles. The van der Waals surface area contributed by atoms with Gasteiger partial charge < -0.3 is 10.1 Å². The van der Waals surface area contributed by atoms with Crippen LogP contribution in [0.5, 0.6) is 0 Å². The van der Waals surface area contributed by atoms with Crippen LogP contribution in [-0.2, 0) is 14.3 Å². The van der Waals surface area contributed by atoms with E-state index in [1.807, 2.05) is 30.3 Å². The predicted molar refractivity (Wildman–Crippen MR) is 80.8 cm³/mol. The first kappa shape index (κ1) is 15.8. The minimum absolute atomic E-state index is 0.0746. The second-order valence-corrected chi connectivity index (χ2v) is 4.36. The number of hydrogen-bond acceptors (Lipinski definition) is 4. The lowest BCUT2D eigenvalue weighted by Gasteiger charge is -2.13. The molecule has 6 heteroatoms. The lowest BCUT2D eigenvalue weighted by Crippen LogP contribution is -2.46.